The quantitative estimate of drug-likeness (QED) is 0.562. The molecule has 0 aliphatic heterocycles. The Morgan fingerprint density at radius 3 is 2.67 bits per heavy atom. The average molecular weight is 264 g/mol. The fourth-order valence-electron chi connectivity index (χ4n) is 3.84. The molecule has 2 saturated carbocycles. The van der Waals surface area contributed by atoms with Crippen LogP contribution in [0.5, 0.6) is 0 Å². The topological polar surface area (TPSA) is 9.23 Å². The van der Waals surface area contributed by atoms with Gasteiger partial charge in [-0.05, 0) is 43.2 Å². The van der Waals surface area contributed by atoms with Crippen molar-refractivity contribution in [2.45, 2.75) is 45.0 Å². The van der Waals surface area contributed by atoms with E-state index in [-0.39, 0.29) is 0 Å². The van der Waals surface area contributed by atoms with E-state index in [0.29, 0.717) is 16.9 Å². The molecule has 0 saturated heterocycles. The Labute approximate surface area is 107 Å². The summed E-state index contributed by atoms with van der Waals surface area (Å²) in [5.74, 6) is 3.95. The molecule has 3 atom stereocenters. The average Bonchev–Trinajstić information content (AvgIpc) is 2.50. The molecule has 0 aromatic heterocycles. The third-order valence-electron chi connectivity index (χ3n) is 5.02. The van der Waals surface area contributed by atoms with E-state index in [4.69, 9.17) is 13.8 Å². The number of rotatable bonds is 3. The van der Waals surface area contributed by atoms with Crippen LogP contribution in [0, 0.1) is 16.7 Å². The van der Waals surface area contributed by atoms with Crippen molar-refractivity contribution >= 4 is 36.2 Å². The fraction of sp³-hybridized carbons (Fsp3) is 1.00. The number of hydrogen-bond acceptors (Lipinski definition) is 1. The standard InChI is InChI=1S/C10H17OS.CH3.Al.ClH/c1-9(2)7-3-4-10(9,6-12)8(11)5-7;;;/h7-8,12H,3-6H2,1-2H3;1H3;;1H/q-1;;+1;. The predicted molar refractivity (Wildman–Crippen MR) is 70.9 cm³/mol. The van der Waals surface area contributed by atoms with Crippen molar-refractivity contribution in [3.8, 4) is 0 Å². The summed E-state index contributed by atoms with van der Waals surface area (Å²) >= 11 is 2.35. The van der Waals surface area contributed by atoms with Gasteiger partial charge in [0.05, 0.1) is 0 Å². The maximum Gasteiger partial charge on any atom is 0.259 e. The van der Waals surface area contributed by atoms with Crippen LogP contribution in [-0.2, 0) is 16.4 Å². The minimum absolute atomic E-state index is 0.338. The first kappa shape index (κ1) is 12.6. The Morgan fingerprint density at radius 2 is 2.20 bits per heavy atom. The van der Waals surface area contributed by atoms with Crippen LogP contribution in [0.3, 0.4) is 0 Å². The molecule has 3 unspecified atom stereocenters. The van der Waals surface area contributed by atoms with Crippen molar-refractivity contribution in [2.24, 2.45) is 16.7 Å². The van der Waals surface area contributed by atoms with Crippen molar-refractivity contribution in [1.29, 1.82) is 0 Å². The summed E-state index contributed by atoms with van der Waals surface area (Å²) in [5.41, 5.74) is 0.754. The molecule has 2 aliphatic rings. The van der Waals surface area contributed by atoms with Crippen LogP contribution >= 0.6 is 10.0 Å². The van der Waals surface area contributed by atoms with Gasteiger partial charge in [0, 0.05) is 11.5 Å². The number of halogens is 1. The predicted octanol–water partition coefficient (Wildman–Crippen LogP) is 2.57. The van der Waals surface area contributed by atoms with Crippen LogP contribution in [0.25, 0.3) is 0 Å². The molecule has 0 spiro atoms. The summed E-state index contributed by atoms with van der Waals surface area (Å²) in [4.78, 5) is 0. The Bertz CT molecular complexity index is 259. The lowest BCUT2D eigenvalue weighted by Crippen LogP contribution is -2.43. The van der Waals surface area contributed by atoms with Gasteiger partial charge in [0.25, 0.3) is 13.6 Å². The van der Waals surface area contributed by atoms with E-state index in [1.807, 2.05) is 0 Å². The lowest BCUT2D eigenvalue weighted by molar-refractivity contribution is 0.0359. The molecule has 1 nitrogen and oxygen atoms in total. The van der Waals surface area contributed by atoms with Crippen LogP contribution < -0.4 is 0 Å². The van der Waals surface area contributed by atoms with Gasteiger partial charge in [-0.1, -0.05) is 13.8 Å². The zero-order chi connectivity index (χ0) is 11.3. The molecule has 0 aromatic rings. The summed E-state index contributed by atoms with van der Waals surface area (Å²) in [5, 5.41) is 0. The van der Waals surface area contributed by atoms with Gasteiger partial charge in [-0.15, -0.1) is 0 Å². The molecule has 0 aromatic carbocycles. The molecule has 4 heteroatoms. The summed E-state index contributed by atoms with van der Waals surface area (Å²) in [6.07, 6.45) is 4.30. The first-order valence-electron chi connectivity index (χ1n) is 5.88. The molecule has 0 amide bonds. The summed E-state index contributed by atoms with van der Waals surface area (Å²) in [6.45, 7) is 4.82. The van der Waals surface area contributed by atoms with Gasteiger partial charge in [0.1, 0.15) is 5.75 Å². The van der Waals surface area contributed by atoms with E-state index < -0.39 is 13.6 Å². The van der Waals surface area contributed by atoms with Crippen LogP contribution in [0.1, 0.15) is 33.1 Å². The molecule has 2 rings (SSSR count). The first-order valence-corrected chi connectivity index (χ1v) is 9.96. The van der Waals surface area contributed by atoms with Crippen LogP contribution in [-0.4, -0.2) is 25.4 Å². The van der Waals surface area contributed by atoms with E-state index in [0.717, 1.165) is 11.7 Å². The van der Waals surface area contributed by atoms with Gasteiger partial charge >= 0.3 is 0 Å². The lowest BCUT2D eigenvalue weighted by Gasteiger charge is -2.43. The summed E-state index contributed by atoms with van der Waals surface area (Å²) in [6, 6.07) is 0. The summed E-state index contributed by atoms with van der Waals surface area (Å²) < 4.78 is 6.05. The highest BCUT2D eigenvalue weighted by atomic mass is 35.6. The molecule has 87 valence electrons. The van der Waals surface area contributed by atoms with E-state index in [1.54, 1.807) is 0 Å². The van der Waals surface area contributed by atoms with Gasteiger partial charge in [-0.25, -0.2) is 0 Å². The van der Waals surface area contributed by atoms with Gasteiger partial charge in [0.15, 0.2) is 0 Å². The lowest BCUT2D eigenvalue weighted by atomic mass is 9.70. The maximum absolute atomic E-state index is 6.11. The molecule has 1 radical (unpaired) electrons. The highest BCUT2D eigenvalue weighted by Crippen LogP contribution is 2.66. The summed E-state index contributed by atoms with van der Waals surface area (Å²) in [7, 11) is 6.11. The molecule has 15 heavy (non-hydrogen) atoms. The minimum atomic E-state index is -1.42. The number of hydrogen-bond donors (Lipinski definition) is 0. The van der Waals surface area contributed by atoms with E-state index in [2.05, 4.69) is 32.3 Å². The Hall–Kier alpha value is 1.13. The van der Waals surface area contributed by atoms with E-state index in [1.165, 1.54) is 19.3 Å². The Balaban J connectivity index is 2.24. The molecular weight excluding hydrogens is 243 g/mol. The SMILES string of the molecule is [CH3][Al-]([Cl])[O]C1CC2CCC1(C[SH2+])C2(C)C. The zero-order valence-corrected chi connectivity index (χ0v) is 12.8. The maximum atomic E-state index is 6.11. The fourth-order valence-corrected chi connectivity index (χ4v) is 5.89. The third-order valence-corrected chi connectivity index (χ3v) is 6.67. The van der Waals surface area contributed by atoms with Crippen LogP contribution in [0.4, 0.5) is 0 Å². The smallest absolute Gasteiger partial charge is 0.259 e. The van der Waals surface area contributed by atoms with Crippen molar-refractivity contribution in [2.75, 3.05) is 5.75 Å². The monoisotopic (exact) mass is 263 g/mol. The van der Waals surface area contributed by atoms with E-state index >= 15 is 0 Å². The van der Waals surface area contributed by atoms with E-state index in [9.17, 15) is 0 Å². The molecule has 2 bridgehead atoms. The van der Waals surface area contributed by atoms with Gasteiger partial charge in [-0.3, -0.25) is 0 Å². The molecule has 0 heterocycles. The normalized spacial score (nSPS) is 42.8. The molecule has 2 aliphatic carbocycles. The second-order valence-electron chi connectivity index (χ2n) is 5.69. The second kappa shape index (κ2) is 4.11. The third kappa shape index (κ3) is 1.70. The van der Waals surface area contributed by atoms with Gasteiger partial charge < -0.3 is 13.8 Å². The van der Waals surface area contributed by atoms with Crippen LogP contribution in [0.2, 0.25) is 5.79 Å². The Morgan fingerprint density at radius 1 is 1.53 bits per heavy atom. The van der Waals surface area contributed by atoms with Crippen molar-refractivity contribution in [3.63, 3.8) is 0 Å². The van der Waals surface area contributed by atoms with Crippen molar-refractivity contribution < 1.29 is 3.79 Å². The number of fused-ring (bicyclic) bond motifs is 2. The second-order valence-corrected chi connectivity index (χ2v) is 9.25. The van der Waals surface area contributed by atoms with Gasteiger partial charge in [-0.2, -0.15) is 5.79 Å². The zero-order valence-electron chi connectivity index (χ0n) is 9.85. The largest absolute Gasteiger partial charge is 0.664 e. The first-order chi connectivity index (χ1) is 6.94. The molecular formula is C11H21AlClOS. The minimum Gasteiger partial charge on any atom is -0.664 e. The highest BCUT2D eigenvalue weighted by molar-refractivity contribution is 7.58. The van der Waals surface area contributed by atoms with Crippen LogP contribution in [0.15, 0.2) is 0 Å². The highest BCUT2D eigenvalue weighted by Gasteiger charge is 2.64. The van der Waals surface area contributed by atoms with Crippen molar-refractivity contribution in [3.05, 3.63) is 0 Å². The van der Waals surface area contributed by atoms with Crippen molar-refractivity contribution in [1.82, 2.24) is 0 Å². The molecule has 0 N–H and O–H groups in total. The Kier molecular flexibility index (Phi) is 3.44. The molecule has 2 fully saturated rings. The van der Waals surface area contributed by atoms with Gasteiger partial charge in [0.2, 0.25) is 0 Å².